The molecule has 0 atom stereocenters. The van der Waals surface area contributed by atoms with Gasteiger partial charge in [-0.1, -0.05) is 12.1 Å². The van der Waals surface area contributed by atoms with Crippen LogP contribution in [-0.2, 0) is 17.8 Å². The van der Waals surface area contributed by atoms with Crippen molar-refractivity contribution >= 4 is 23.2 Å². The quantitative estimate of drug-likeness (QED) is 0.906. The van der Waals surface area contributed by atoms with E-state index in [1.165, 1.54) is 10.4 Å². The second-order valence-corrected chi connectivity index (χ2v) is 6.55. The molecule has 0 radical (unpaired) electrons. The third-order valence-electron chi connectivity index (χ3n) is 3.99. The number of hydrogen-bond acceptors (Lipinski definition) is 4. The van der Waals surface area contributed by atoms with Crippen LogP contribution in [0.3, 0.4) is 0 Å². The minimum atomic E-state index is -0.291. The molecule has 5 nitrogen and oxygen atoms in total. The van der Waals surface area contributed by atoms with E-state index < -0.39 is 0 Å². The van der Waals surface area contributed by atoms with Gasteiger partial charge in [-0.25, -0.2) is 0 Å². The lowest BCUT2D eigenvalue weighted by Gasteiger charge is -2.27. The molecule has 0 saturated carbocycles. The van der Waals surface area contributed by atoms with Crippen molar-refractivity contribution in [3.05, 3.63) is 51.7 Å². The van der Waals surface area contributed by atoms with E-state index >= 15 is 0 Å². The monoisotopic (exact) mass is 344 g/mol. The number of para-hydroxylation sites is 1. The largest absolute Gasteiger partial charge is 0.493 e. The molecular formula is C18H20N2O3S. The third kappa shape index (κ3) is 3.59. The van der Waals surface area contributed by atoms with E-state index in [0.717, 1.165) is 6.42 Å². The van der Waals surface area contributed by atoms with E-state index in [-0.39, 0.29) is 18.4 Å². The Morgan fingerprint density at radius 3 is 2.96 bits per heavy atom. The molecule has 2 aromatic rings. The molecule has 126 valence electrons. The lowest BCUT2D eigenvalue weighted by Crippen LogP contribution is -2.42. The molecular weight excluding hydrogens is 324 g/mol. The number of carbonyl (C=O) groups is 2. The Hall–Kier alpha value is -2.34. The molecule has 1 N–H and O–H groups in total. The number of hydrogen-bond donors (Lipinski definition) is 1. The molecule has 0 unspecified atom stereocenters. The second-order valence-electron chi connectivity index (χ2n) is 5.55. The molecule has 2 heterocycles. The molecule has 1 aromatic carbocycles. The highest BCUT2D eigenvalue weighted by atomic mass is 32.1. The van der Waals surface area contributed by atoms with Gasteiger partial charge in [-0.2, -0.15) is 0 Å². The zero-order chi connectivity index (χ0) is 16.9. The number of rotatable bonds is 5. The molecule has 0 spiro atoms. The van der Waals surface area contributed by atoms with Gasteiger partial charge < -0.3 is 15.0 Å². The Morgan fingerprint density at radius 2 is 2.12 bits per heavy atom. The van der Waals surface area contributed by atoms with E-state index in [1.54, 1.807) is 34.4 Å². The summed E-state index contributed by atoms with van der Waals surface area (Å²) in [6, 6.07) is 9.11. The fraction of sp³-hybridized carbons (Fsp3) is 0.333. The molecule has 24 heavy (non-hydrogen) atoms. The van der Waals surface area contributed by atoms with Crippen LogP contribution in [0.1, 0.15) is 27.7 Å². The average Bonchev–Trinajstić information content (AvgIpc) is 3.08. The Bertz CT molecular complexity index is 741. The number of nitrogens with one attached hydrogen (secondary N) is 1. The predicted molar refractivity (Wildman–Crippen MR) is 93.4 cm³/mol. The number of carbonyl (C=O) groups excluding carboxylic acids is 2. The number of thiophene rings is 1. The van der Waals surface area contributed by atoms with Gasteiger partial charge in [-0.05, 0) is 42.5 Å². The topological polar surface area (TPSA) is 58.6 Å². The predicted octanol–water partition coefficient (Wildman–Crippen LogP) is 2.46. The number of benzene rings is 1. The second kappa shape index (κ2) is 7.49. The summed E-state index contributed by atoms with van der Waals surface area (Å²) in [5.74, 6) is 0.181. The van der Waals surface area contributed by atoms with Gasteiger partial charge in [0, 0.05) is 18.0 Å². The van der Waals surface area contributed by atoms with Gasteiger partial charge in [0.1, 0.15) is 5.75 Å². The normalized spacial score (nSPS) is 13.3. The molecule has 0 aliphatic carbocycles. The maximum absolute atomic E-state index is 12.4. The average molecular weight is 344 g/mol. The molecule has 6 heteroatoms. The van der Waals surface area contributed by atoms with E-state index in [1.807, 2.05) is 13.0 Å². The Kier molecular flexibility index (Phi) is 5.15. The van der Waals surface area contributed by atoms with Gasteiger partial charge in [-0.3, -0.25) is 9.59 Å². The summed E-state index contributed by atoms with van der Waals surface area (Å²) in [5.41, 5.74) is 1.67. The SMILES string of the molecule is CCOc1ccccc1C(=O)NCC(=O)N1CCc2sccc2C1. The maximum Gasteiger partial charge on any atom is 0.255 e. The van der Waals surface area contributed by atoms with Crippen molar-refractivity contribution in [3.8, 4) is 5.75 Å². The molecule has 0 saturated heterocycles. The van der Waals surface area contributed by atoms with Crippen LogP contribution in [0.15, 0.2) is 35.7 Å². The summed E-state index contributed by atoms with van der Waals surface area (Å²) in [5, 5.41) is 4.77. The zero-order valence-corrected chi connectivity index (χ0v) is 14.4. The van der Waals surface area contributed by atoms with Crippen molar-refractivity contribution in [2.75, 3.05) is 19.7 Å². The lowest BCUT2D eigenvalue weighted by molar-refractivity contribution is -0.131. The highest BCUT2D eigenvalue weighted by Crippen LogP contribution is 2.24. The molecule has 1 aromatic heterocycles. The van der Waals surface area contributed by atoms with Crippen molar-refractivity contribution in [1.82, 2.24) is 10.2 Å². The van der Waals surface area contributed by atoms with Crippen molar-refractivity contribution < 1.29 is 14.3 Å². The van der Waals surface area contributed by atoms with Crippen molar-refractivity contribution in [1.29, 1.82) is 0 Å². The van der Waals surface area contributed by atoms with Crippen LogP contribution in [0.25, 0.3) is 0 Å². The third-order valence-corrected chi connectivity index (χ3v) is 5.02. The summed E-state index contributed by atoms with van der Waals surface area (Å²) >= 11 is 1.74. The fourth-order valence-electron chi connectivity index (χ4n) is 2.76. The summed E-state index contributed by atoms with van der Waals surface area (Å²) in [6.45, 7) is 3.69. The van der Waals surface area contributed by atoms with Crippen LogP contribution in [-0.4, -0.2) is 36.4 Å². The van der Waals surface area contributed by atoms with Crippen LogP contribution in [0.4, 0.5) is 0 Å². The van der Waals surface area contributed by atoms with Crippen LogP contribution in [0.2, 0.25) is 0 Å². The van der Waals surface area contributed by atoms with Gasteiger partial charge in [0.15, 0.2) is 0 Å². The molecule has 1 aliphatic heterocycles. The van der Waals surface area contributed by atoms with Crippen LogP contribution < -0.4 is 10.1 Å². The van der Waals surface area contributed by atoms with Crippen molar-refractivity contribution in [2.45, 2.75) is 19.9 Å². The molecule has 2 amide bonds. The number of fused-ring (bicyclic) bond motifs is 1. The molecule has 0 fully saturated rings. The molecule has 3 rings (SSSR count). The van der Waals surface area contributed by atoms with Gasteiger partial charge in [0.25, 0.3) is 5.91 Å². The van der Waals surface area contributed by atoms with Gasteiger partial charge in [0.05, 0.1) is 18.7 Å². The summed E-state index contributed by atoms with van der Waals surface area (Å²) < 4.78 is 5.46. The highest BCUT2D eigenvalue weighted by molar-refractivity contribution is 7.10. The minimum Gasteiger partial charge on any atom is -0.493 e. The number of amides is 2. The van der Waals surface area contributed by atoms with Gasteiger partial charge in [-0.15, -0.1) is 11.3 Å². The Labute approximate surface area is 145 Å². The first-order valence-electron chi connectivity index (χ1n) is 8.02. The molecule has 1 aliphatic rings. The first-order valence-corrected chi connectivity index (χ1v) is 8.90. The van der Waals surface area contributed by atoms with Crippen molar-refractivity contribution in [2.24, 2.45) is 0 Å². The maximum atomic E-state index is 12.4. The smallest absolute Gasteiger partial charge is 0.255 e. The lowest BCUT2D eigenvalue weighted by atomic mass is 10.1. The van der Waals surface area contributed by atoms with E-state index in [2.05, 4.69) is 16.8 Å². The standard InChI is InChI=1S/C18H20N2O3S/c1-2-23-15-6-4-3-5-14(15)18(22)19-11-17(21)20-9-7-16-13(12-20)8-10-24-16/h3-6,8,10H,2,7,9,11-12H2,1H3,(H,19,22). The van der Waals surface area contributed by atoms with Crippen LogP contribution in [0.5, 0.6) is 5.75 Å². The van der Waals surface area contributed by atoms with E-state index in [4.69, 9.17) is 4.74 Å². The first-order chi connectivity index (χ1) is 11.7. The van der Waals surface area contributed by atoms with Crippen LogP contribution >= 0.6 is 11.3 Å². The molecule has 0 bridgehead atoms. The first kappa shape index (κ1) is 16.5. The van der Waals surface area contributed by atoms with Crippen molar-refractivity contribution in [3.63, 3.8) is 0 Å². The summed E-state index contributed by atoms with van der Waals surface area (Å²) in [4.78, 5) is 27.8. The summed E-state index contributed by atoms with van der Waals surface area (Å²) in [6.07, 6.45) is 0.889. The minimum absolute atomic E-state index is 0.00123. The number of nitrogens with zero attached hydrogens (tertiary/aromatic N) is 1. The summed E-state index contributed by atoms with van der Waals surface area (Å²) in [7, 11) is 0. The Balaban J connectivity index is 1.58. The fourth-order valence-corrected chi connectivity index (χ4v) is 3.65. The highest BCUT2D eigenvalue weighted by Gasteiger charge is 2.22. The number of ether oxygens (including phenoxy) is 1. The van der Waals surface area contributed by atoms with Crippen LogP contribution in [0, 0.1) is 0 Å². The van der Waals surface area contributed by atoms with E-state index in [9.17, 15) is 9.59 Å². The zero-order valence-electron chi connectivity index (χ0n) is 13.6. The van der Waals surface area contributed by atoms with E-state index in [0.29, 0.717) is 31.0 Å². The Morgan fingerprint density at radius 1 is 1.29 bits per heavy atom. The van der Waals surface area contributed by atoms with Gasteiger partial charge >= 0.3 is 0 Å². The van der Waals surface area contributed by atoms with Gasteiger partial charge in [0.2, 0.25) is 5.91 Å².